The average Bonchev–Trinajstić information content (AvgIpc) is 2.70. The number of methoxy groups -OCH3 is 1. The van der Waals surface area contributed by atoms with Crippen LogP contribution in [0.2, 0.25) is 0 Å². The van der Waals surface area contributed by atoms with Crippen molar-refractivity contribution in [3.63, 3.8) is 0 Å². The Morgan fingerprint density at radius 3 is 2.47 bits per heavy atom. The van der Waals surface area contributed by atoms with Gasteiger partial charge in [-0.25, -0.2) is 8.42 Å². The molecule has 0 radical (unpaired) electrons. The van der Waals surface area contributed by atoms with Gasteiger partial charge >= 0.3 is 0 Å². The van der Waals surface area contributed by atoms with E-state index in [-0.39, 0.29) is 17.3 Å². The van der Waals surface area contributed by atoms with E-state index in [4.69, 9.17) is 4.74 Å². The Labute approximate surface area is 186 Å². The van der Waals surface area contributed by atoms with Crippen LogP contribution < -0.4 is 10.1 Å². The Morgan fingerprint density at radius 1 is 1.17 bits per heavy atom. The number of benzene rings is 2. The van der Waals surface area contributed by atoms with E-state index in [0.717, 1.165) is 26.9 Å². The molecule has 30 heavy (non-hydrogen) atoms. The number of carbonyl (C=O) groups excluding carboxylic acids is 1. The maximum atomic E-state index is 13.3. The summed E-state index contributed by atoms with van der Waals surface area (Å²) in [5.41, 5.74) is 3.53. The molecule has 1 unspecified atom stereocenters. The van der Waals surface area contributed by atoms with Crippen LogP contribution in [0.5, 0.6) is 5.75 Å². The fraction of sp³-hybridized carbons (Fsp3) is 0.409. The van der Waals surface area contributed by atoms with Gasteiger partial charge in [0.05, 0.1) is 13.0 Å². The van der Waals surface area contributed by atoms with Gasteiger partial charge in [0, 0.05) is 23.2 Å². The molecule has 2 aromatic carbocycles. The van der Waals surface area contributed by atoms with Crippen molar-refractivity contribution in [1.82, 2.24) is 4.31 Å². The summed E-state index contributed by atoms with van der Waals surface area (Å²) < 4.78 is 34.2. The highest BCUT2D eigenvalue weighted by atomic mass is 79.9. The van der Waals surface area contributed by atoms with Crippen molar-refractivity contribution in [3.8, 4) is 5.75 Å². The summed E-state index contributed by atoms with van der Waals surface area (Å²) >= 11 is 3.46. The number of amides is 1. The van der Waals surface area contributed by atoms with Crippen LogP contribution in [0.25, 0.3) is 0 Å². The molecule has 3 rings (SSSR count). The number of hydrogen-bond donors (Lipinski definition) is 1. The lowest BCUT2D eigenvalue weighted by atomic mass is 9.98. The van der Waals surface area contributed by atoms with Gasteiger partial charge in [0.25, 0.3) is 0 Å². The van der Waals surface area contributed by atoms with Gasteiger partial charge in [-0.2, -0.15) is 4.31 Å². The van der Waals surface area contributed by atoms with E-state index in [9.17, 15) is 13.2 Å². The van der Waals surface area contributed by atoms with Gasteiger partial charge in [0.1, 0.15) is 10.6 Å². The van der Waals surface area contributed by atoms with E-state index in [1.165, 1.54) is 11.4 Å². The first-order chi connectivity index (χ1) is 14.1. The van der Waals surface area contributed by atoms with Crippen LogP contribution in [0.3, 0.4) is 0 Å². The third kappa shape index (κ3) is 4.71. The summed E-state index contributed by atoms with van der Waals surface area (Å²) in [6, 6.07) is 8.99. The highest BCUT2D eigenvalue weighted by molar-refractivity contribution is 9.10. The monoisotopic (exact) mass is 494 g/mol. The lowest BCUT2D eigenvalue weighted by Gasteiger charge is -2.31. The molecule has 1 atom stereocenters. The quantitative estimate of drug-likeness (QED) is 0.667. The topological polar surface area (TPSA) is 75.7 Å². The number of piperidine rings is 1. The molecule has 0 aromatic heterocycles. The van der Waals surface area contributed by atoms with Gasteiger partial charge in [-0.15, -0.1) is 0 Å². The molecule has 1 aliphatic rings. The number of rotatable bonds is 5. The number of anilines is 1. The number of ether oxygens (including phenoxy) is 1. The summed E-state index contributed by atoms with van der Waals surface area (Å²) in [6.07, 6.45) is 1.28. The van der Waals surface area contributed by atoms with Crippen molar-refractivity contribution in [2.45, 2.75) is 38.5 Å². The second-order valence-electron chi connectivity index (χ2n) is 7.76. The third-order valence-electron chi connectivity index (χ3n) is 5.44. The molecule has 6 nitrogen and oxygen atoms in total. The molecule has 1 heterocycles. The van der Waals surface area contributed by atoms with Crippen LogP contribution in [0, 0.1) is 26.7 Å². The Hall–Kier alpha value is -1.90. The normalized spacial score (nSPS) is 17.6. The number of aryl methyl sites for hydroxylation is 3. The lowest BCUT2D eigenvalue weighted by molar-refractivity contribution is -0.120. The third-order valence-corrected chi connectivity index (χ3v) is 7.78. The lowest BCUT2D eigenvalue weighted by Crippen LogP contribution is -2.43. The average molecular weight is 495 g/mol. The van der Waals surface area contributed by atoms with Crippen molar-refractivity contribution in [3.05, 3.63) is 51.5 Å². The molecular formula is C22H27BrN2O4S. The predicted molar refractivity (Wildman–Crippen MR) is 121 cm³/mol. The molecule has 162 valence electrons. The molecule has 0 aliphatic carbocycles. The molecule has 1 saturated heterocycles. The van der Waals surface area contributed by atoms with Gasteiger partial charge in [-0.3, -0.25) is 4.79 Å². The van der Waals surface area contributed by atoms with Crippen molar-refractivity contribution in [1.29, 1.82) is 0 Å². The van der Waals surface area contributed by atoms with E-state index in [2.05, 4.69) is 21.2 Å². The molecule has 8 heteroatoms. The first-order valence-corrected chi connectivity index (χ1v) is 12.1. The van der Waals surface area contributed by atoms with E-state index in [0.29, 0.717) is 25.1 Å². The number of halogens is 1. The molecule has 1 amide bonds. The second kappa shape index (κ2) is 9.08. The van der Waals surface area contributed by atoms with Crippen LogP contribution in [0.1, 0.15) is 29.5 Å². The standard InChI is InChI=1S/C22H27BrN2O4S/c1-14-7-8-19(29-4)20(10-14)30(27,28)25-9-5-6-17(13-25)22(26)24-21-15(2)11-18(23)12-16(21)3/h7-8,10-12,17H,5-6,9,13H2,1-4H3,(H,24,26). The summed E-state index contributed by atoms with van der Waals surface area (Å²) in [4.78, 5) is 13.1. The second-order valence-corrected chi connectivity index (χ2v) is 10.6. The highest BCUT2D eigenvalue weighted by Crippen LogP contribution is 2.31. The molecular weight excluding hydrogens is 468 g/mol. The largest absolute Gasteiger partial charge is 0.495 e. The zero-order valence-corrected chi connectivity index (χ0v) is 20.1. The minimum Gasteiger partial charge on any atom is -0.495 e. The SMILES string of the molecule is COc1ccc(C)cc1S(=O)(=O)N1CCCC(C(=O)Nc2c(C)cc(Br)cc2C)C1. The van der Waals surface area contributed by atoms with Crippen molar-refractivity contribution >= 4 is 37.5 Å². The van der Waals surface area contributed by atoms with Gasteiger partial charge in [0.15, 0.2) is 0 Å². The summed E-state index contributed by atoms with van der Waals surface area (Å²) in [5.74, 6) is -0.250. The fourth-order valence-electron chi connectivity index (χ4n) is 3.83. The fourth-order valence-corrected chi connectivity index (χ4v) is 6.28. The first kappa shape index (κ1) is 22.8. The zero-order valence-electron chi connectivity index (χ0n) is 17.7. The van der Waals surface area contributed by atoms with Crippen LogP contribution in [-0.2, 0) is 14.8 Å². The molecule has 2 aromatic rings. The van der Waals surface area contributed by atoms with Crippen LogP contribution >= 0.6 is 15.9 Å². The van der Waals surface area contributed by atoms with Crippen LogP contribution in [-0.4, -0.2) is 38.8 Å². The minimum absolute atomic E-state index is 0.144. The van der Waals surface area contributed by atoms with Crippen molar-refractivity contribution < 1.29 is 17.9 Å². The molecule has 0 spiro atoms. The van der Waals surface area contributed by atoms with E-state index in [1.54, 1.807) is 12.1 Å². The maximum Gasteiger partial charge on any atom is 0.246 e. The Morgan fingerprint density at radius 2 is 1.83 bits per heavy atom. The number of sulfonamides is 1. The number of nitrogens with one attached hydrogen (secondary N) is 1. The molecule has 0 saturated carbocycles. The van der Waals surface area contributed by atoms with Gasteiger partial charge in [0.2, 0.25) is 15.9 Å². The van der Waals surface area contributed by atoms with E-state index in [1.807, 2.05) is 39.0 Å². The maximum absolute atomic E-state index is 13.3. The van der Waals surface area contributed by atoms with E-state index < -0.39 is 15.9 Å². The number of nitrogens with zero attached hydrogens (tertiary/aromatic N) is 1. The van der Waals surface area contributed by atoms with Gasteiger partial charge in [-0.1, -0.05) is 22.0 Å². The smallest absolute Gasteiger partial charge is 0.246 e. The van der Waals surface area contributed by atoms with Gasteiger partial charge in [-0.05, 0) is 74.6 Å². The summed E-state index contributed by atoms with van der Waals surface area (Å²) in [5, 5.41) is 3.01. The molecule has 1 fully saturated rings. The molecule has 1 N–H and O–H groups in total. The van der Waals surface area contributed by atoms with Gasteiger partial charge < -0.3 is 10.1 Å². The van der Waals surface area contributed by atoms with E-state index >= 15 is 0 Å². The number of carbonyl (C=O) groups is 1. The predicted octanol–water partition coefficient (Wildman–Crippen LogP) is 4.42. The van der Waals surface area contributed by atoms with Crippen molar-refractivity contribution in [2.75, 3.05) is 25.5 Å². The van der Waals surface area contributed by atoms with Crippen LogP contribution in [0.15, 0.2) is 39.7 Å². The summed E-state index contributed by atoms with van der Waals surface area (Å²) in [7, 11) is -2.31. The number of hydrogen-bond acceptors (Lipinski definition) is 4. The molecule has 1 aliphatic heterocycles. The Bertz CT molecular complexity index is 1050. The first-order valence-electron chi connectivity index (χ1n) is 9.86. The Kier molecular flexibility index (Phi) is 6.89. The summed E-state index contributed by atoms with van der Waals surface area (Å²) in [6.45, 7) is 6.26. The molecule has 0 bridgehead atoms. The Balaban J connectivity index is 1.82. The zero-order chi connectivity index (χ0) is 22.1. The van der Waals surface area contributed by atoms with Crippen LogP contribution in [0.4, 0.5) is 5.69 Å². The van der Waals surface area contributed by atoms with Crippen molar-refractivity contribution in [2.24, 2.45) is 5.92 Å². The highest BCUT2D eigenvalue weighted by Gasteiger charge is 2.35. The minimum atomic E-state index is -3.77.